The highest BCUT2D eigenvalue weighted by atomic mass is 19.1. The zero-order valence-electron chi connectivity index (χ0n) is 18.8. The van der Waals surface area contributed by atoms with Crippen LogP contribution in [-0.2, 0) is 11.3 Å². The number of nitrogens with one attached hydrogen (secondary N) is 1. The minimum Gasteiger partial charge on any atom is -0.342 e. The van der Waals surface area contributed by atoms with Crippen LogP contribution in [0.15, 0.2) is 59.4 Å². The van der Waals surface area contributed by atoms with Crippen LogP contribution < -0.4 is 5.56 Å². The third-order valence-electron chi connectivity index (χ3n) is 6.53. The second-order valence-electron chi connectivity index (χ2n) is 8.69. The average Bonchev–Trinajstić information content (AvgIpc) is 3.28. The maximum Gasteiger partial charge on any atom is 0.281 e. The van der Waals surface area contributed by atoms with E-state index in [1.54, 1.807) is 18.2 Å². The van der Waals surface area contributed by atoms with E-state index in [2.05, 4.69) is 20.3 Å². The molecule has 8 nitrogen and oxygen atoms in total. The molecule has 0 radical (unpaired) electrons. The van der Waals surface area contributed by atoms with Crippen molar-refractivity contribution < 1.29 is 9.18 Å². The second kappa shape index (κ2) is 9.17. The largest absolute Gasteiger partial charge is 0.342 e. The minimum atomic E-state index is -0.365. The quantitative estimate of drug-likeness (QED) is 0.493. The second-order valence-corrected chi connectivity index (χ2v) is 8.69. The smallest absolute Gasteiger partial charge is 0.281 e. The Bertz CT molecular complexity index is 1380. The molecule has 174 valence electrons. The number of aromatic amines is 1. The number of aromatic nitrogens is 5. The zero-order chi connectivity index (χ0) is 23.7. The van der Waals surface area contributed by atoms with Crippen LogP contribution >= 0.6 is 0 Å². The number of H-pyrrole nitrogens is 1. The van der Waals surface area contributed by atoms with E-state index in [4.69, 9.17) is 0 Å². The molecule has 9 heteroatoms. The highest BCUT2D eigenvalue weighted by molar-refractivity contribution is 5.83. The Morgan fingerprint density at radius 2 is 1.82 bits per heavy atom. The summed E-state index contributed by atoms with van der Waals surface area (Å²) in [6, 6.07) is 16.2. The molecule has 0 spiro atoms. The van der Waals surface area contributed by atoms with Gasteiger partial charge in [0.2, 0.25) is 5.91 Å². The van der Waals surface area contributed by atoms with Gasteiger partial charge in [-0.3, -0.25) is 9.59 Å². The van der Waals surface area contributed by atoms with Crippen molar-refractivity contribution in [2.24, 2.45) is 0 Å². The van der Waals surface area contributed by atoms with Crippen molar-refractivity contribution in [2.45, 2.75) is 38.1 Å². The molecule has 1 saturated heterocycles. The van der Waals surface area contributed by atoms with Crippen LogP contribution in [0.25, 0.3) is 11.2 Å². The fourth-order valence-corrected chi connectivity index (χ4v) is 4.50. The summed E-state index contributed by atoms with van der Waals surface area (Å²) >= 11 is 0. The van der Waals surface area contributed by atoms with Crippen molar-refractivity contribution >= 4 is 17.1 Å². The van der Waals surface area contributed by atoms with Gasteiger partial charge >= 0.3 is 0 Å². The third-order valence-corrected chi connectivity index (χ3v) is 6.53. The van der Waals surface area contributed by atoms with Crippen LogP contribution in [-0.4, -0.2) is 48.9 Å². The highest BCUT2D eigenvalue weighted by Gasteiger charge is 2.29. The van der Waals surface area contributed by atoms with Crippen LogP contribution in [0.1, 0.15) is 48.6 Å². The van der Waals surface area contributed by atoms with Gasteiger partial charge in [-0.05, 0) is 31.4 Å². The molecule has 1 aliphatic heterocycles. The Balaban J connectivity index is 1.33. The van der Waals surface area contributed by atoms with E-state index in [1.165, 1.54) is 10.7 Å². The molecule has 3 heterocycles. The van der Waals surface area contributed by atoms with Gasteiger partial charge in [-0.15, -0.1) is 5.10 Å². The van der Waals surface area contributed by atoms with E-state index >= 15 is 0 Å². The van der Waals surface area contributed by atoms with Crippen LogP contribution in [0.2, 0.25) is 0 Å². The minimum absolute atomic E-state index is 0.00462. The number of fused-ring (bicyclic) bond motifs is 1. The van der Waals surface area contributed by atoms with Gasteiger partial charge in [0.15, 0.2) is 11.2 Å². The summed E-state index contributed by atoms with van der Waals surface area (Å²) in [6.07, 6.45) is 1.38. The number of nitrogens with zero attached hydrogens (tertiary/aromatic N) is 5. The first-order valence-corrected chi connectivity index (χ1v) is 11.4. The topological polar surface area (TPSA) is 96.8 Å². The molecule has 0 unspecified atom stereocenters. The van der Waals surface area contributed by atoms with Crippen molar-refractivity contribution in [1.29, 1.82) is 0 Å². The van der Waals surface area contributed by atoms with Crippen molar-refractivity contribution in [3.05, 3.63) is 87.7 Å². The summed E-state index contributed by atoms with van der Waals surface area (Å²) < 4.78 is 15.6. The van der Waals surface area contributed by atoms with E-state index in [1.807, 2.05) is 42.2 Å². The number of halogens is 1. The monoisotopic (exact) mass is 460 g/mol. The molecule has 0 bridgehead atoms. The Morgan fingerprint density at radius 1 is 1.12 bits per heavy atom. The van der Waals surface area contributed by atoms with Gasteiger partial charge in [-0.25, -0.2) is 14.1 Å². The molecule has 2 aromatic carbocycles. The standard InChI is InChI=1S/C25H25FN6O2/c1-16(17-7-3-2-4-8-17)25(34)31-13-11-18(12-14-31)22-27-23-21(24(33)28-22)29-30-32(23)15-19-9-5-6-10-20(19)26/h2-10,16,18H,11-15H2,1H3,(H,27,28,33)/t16-/m1/s1. The predicted molar refractivity (Wildman–Crippen MR) is 125 cm³/mol. The molecular weight excluding hydrogens is 435 g/mol. The Morgan fingerprint density at radius 3 is 2.56 bits per heavy atom. The summed E-state index contributed by atoms with van der Waals surface area (Å²) in [7, 11) is 0. The van der Waals surface area contributed by atoms with E-state index in [0.717, 1.165) is 5.56 Å². The van der Waals surface area contributed by atoms with E-state index in [9.17, 15) is 14.0 Å². The first-order chi connectivity index (χ1) is 16.5. The molecule has 1 amide bonds. The number of likely N-dealkylation sites (tertiary alicyclic amines) is 1. The molecule has 1 fully saturated rings. The number of benzene rings is 2. The lowest BCUT2D eigenvalue weighted by molar-refractivity contribution is -0.133. The number of carbonyl (C=O) groups is 1. The number of rotatable bonds is 5. The van der Waals surface area contributed by atoms with Crippen molar-refractivity contribution in [3.8, 4) is 0 Å². The van der Waals surface area contributed by atoms with Gasteiger partial charge in [0.05, 0.1) is 12.5 Å². The molecule has 2 aromatic heterocycles. The molecule has 0 saturated carbocycles. The predicted octanol–water partition coefficient (Wildman–Crippen LogP) is 3.21. The summed E-state index contributed by atoms with van der Waals surface area (Å²) in [5.74, 6) is 0.111. The van der Waals surface area contributed by atoms with Crippen LogP contribution in [0, 0.1) is 5.82 Å². The maximum atomic E-state index is 14.1. The van der Waals surface area contributed by atoms with Crippen molar-refractivity contribution in [1.82, 2.24) is 29.9 Å². The third kappa shape index (κ3) is 4.21. The van der Waals surface area contributed by atoms with Gasteiger partial charge in [-0.1, -0.05) is 53.7 Å². The molecule has 34 heavy (non-hydrogen) atoms. The van der Waals surface area contributed by atoms with Crippen LogP contribution in [0.4, 0.5) is 4.39 Å². The Kier molecular flexibility index (Phi) is 5.91. The number of piperidine rings is 1. The van der Waals surface area contributed by atoms with Crippen LogP contribution in [0.3, 0.4) is 0 Å². The van der Waals surface area contributed by atoms with Crippen molar-refractivity contribution in [3.63, 3.8) is 0 Å². The van der Waals surface area contributed by atoms with E-state index in [0.29, 0.717) is 43.0 Å². The fourth-order valence-electron chi connectivity index (χ4n) is 4.50. The zero-order valence-corrected chi connectivity index (χ0v) is 18.8. The van der Waals surface area contributed by atoms with E-state index in [-0.39, 0.29) is 41.2 Å². The molecular formula is C25H25FN6O2. The first kappa shape index (κ1) is 21.9. The van der Waals surface area contributed by atoms with Gasteiger partial charge in [-0.2, -0.15) is 0 Å². The van der Waals surface area contributed by atoms with Gasteiger partial charge in [0.25, 0.3) is 5.56 Å². The summed E-state index contributed by atoms with van der Waals surface area (Å²) in [5, 5.41) is 7.97. The normalized spacial score (nSPS) is 15.5. The average molecular weight is 461 g/mol. The maximum absolute atomic E-state index is 14.1. The van der Waals surface area contributed by atoms with Gasteiger partial charge in [0, 0.05) is 24.6 Å². The number of carbonyl (C=O) groups excluding carboxylic acids is 1. The van der Waals surface area contributed by atoms with Gasteiger partial charge < -0.3 is 9.88 Å². The summed E-state index contributed by atoms with van der Waals surface area (Å²) in [5.41, 5.74) is 1.54. The molecule has 0 aliphatic carbocycles. The molecule has 5 rings (SSSR count). The van der Waals surface area contributed by atoms with Crippen molar-refractivity contribution in [2.75, 3.05) is 13.1 Å². The molecule has 1 aliphatic rings. The first-order valence-electron chi connectivity index (χ1n) is 11.4. The lowest BCUT2D eigenvalue weighted by Crippen LogP contribution is -2.40. The summed E-state index contributed by atoms with van der Waals surface area (Å²) in [4.78, 5) is 35.0. The number of hydrogen-bond acceptors (Lipinski definition) is 5. The molecule has 1 atom stereocenters. The lowest BCUT2D eigenvalue weighted by atomic mass is 9.93. The Labute approximate surface area is 195 Å². The lowest BCUT2D eigenvalue weighted by Gasteiger charge is -2.33. The fraction of sp³-hybridized carbons (Fsp3) is 0.320. The highest BCUT2D eigenvalue weighted by Crippen LogP contribution is 2.28. The summed E-state index contributed by atoms with van der Waals surface area (Å²) in [6.45, 7) is 3.24. The number of hydrogen-bond donors (Lipinski definition) is 1. The number of amides is 1. The SMILES string of the molecule is C[C@@H](C(=O)N1CCC(c2nc3c(nnn3Cc3ccccc3F)c(=O)[nH]2)CC1)c1ccccc1. The van der Waals surface area contributed by atoms with E-state index < -0.39 is 0 Å². The Hall–Kier alpha value is -3.88. The molecule has 1 N–H and O–H groups in total. The molecule has 4 aromatic rings. The van der Waals surface area contributed by atoms with Crippen LogP contribution in [0.5, 0.6) is 0 Å². The van der Waals surface area contributed by atoms with Gasteiger partial charge in [0.1, 0.15) is 11.6 Å².